The van der Waals surface area contributed by atoms with Gasteiger partial charge in [0.15, 0.2) is 0 Å². The molecular weight excluding hydrogens is 458 g/mol. The van der Waals surface area contributed by atoms with Crippen molar-refractivity contribution in [3.8, 4) is 0 Å². The molecular formula is C23H31N5O5S. The average molecular weight is 490 g/mol. The summed E-state index contributed by atoms with van der Waals surface area (Å²) in [5, 5.41) is 32.2. The van der Waals surface area contributed by atoms with Crippen LogP contribution in [0.2, 0.25) is 0 Å². The van der Waals surface area contributed by atoms with Crippen molar-refractivity contribution in [2.75, 3.05) is 13.1 Å². The molecule has 2 fully saturated rings. The Kier molecular flexibility index (Phi) is 7.06. The Bertz CT molecular complexity index is 1000. The number of hydrogen-bond acceptors (Lipinski definition) is 9. The van der Waals surface area contributed by atoms with Crippen LogP contribution in [0.3, 0.4) is 0 Å². The Morgan fingerprint density at radius 3 is 2.85 bits per heavy atom. The lowest BCUT2D eigenvalue weighted by Gasteiger charge is -2.46. The Hall–Kier alpha value is -2.76. The van der Waals surface area contributed by atoms with Gasteiger partial charge in [0.1, 0.15) is 17.8 Å². The molecule has 0 radical (unpaired) electrons. The number of nitrogens with zero attached hydrogens (tertiary/aromatic N) is 3. The van der Waals surface area contributed by atoms with E-state index in [0.29, 0.717) is 18.0 Å². The highest BCUT2D eigenvalue weighted by Crippen LogP contribution is 2.52. The summed E-state index contributed by atoms with van der Waals surface area (Å²) in [6.07, 6.45) is 4.33. The van der Waals surface area contributed by atoms with Gasteiger partial charge in [0.25, 0.3) is 0 Å². The molecule has 3 aliphatic rings. The van der Waals surface area contributed by atoms with Gasteiger partial charge >= 0.3 is 5.97 Å². The number of pyridine rings is 1. The normalized spacial score (nSPS) is 30.3. The minimum atomic E-state index is -1.11. The number of hydrogen-bond donors (Lipinski definition) is 5. The first-order valence-electron chi connectivity index (χ1n) is 11.3. The Labute approximate surface area is 202 Å². The maximum absolute atomic E-state index is 12.6. The molecule has 1 amide bonds. The van der Waals surface area contributed by atoms with Crippen LogP contribution in [0.4, 0.5) is 0 Å². The van der Waals surface area contributed by atoms with E-state index in [0.717, 1.165) is 24.8 Å². The third-order valence-electron chi connectivity index (χ3n) is 6.88. The number of carbonyl (C=O) groups excluding carboxylic acids is 1. The highest BCUT2D eigenvalue weighted by atomic mass is 32.2. The Balaban J connectivity index is 1.53. The van der Waals surface area contributed by atoms with Gasteiger partial charge < -0.3 is 31.3 Å². The average Bonchev–Trinajstić information content (AvgIpc) is 3.28. The van der Waals surface area contributed by atoms with Crippen molar-refractivity contribution in [2.24, 2.45) is 17.6 Å². The van der Waals surface area contributed by atoms with Crippen LogP contribution in [0, 0.1) is 11.8 Å². The molecule has 3 aliphatic heterocycles. The minimum absolute atomic E-state index is 0.0530. The number of carbonyl (C=O) groups is 2. The zero-order valence-corrected chi connectivity index (χ0v) is 20.0. The molecule has 34 heavy (non-hydrogen) atoms. The van der Waals surface area contributed by atoms with E-state index in [-0.39, 0.29) is 40.7 Å². The van der Waals surface area contributed by atoms with E-state index in [1.165, 1.54) is 16.7 Å². The topological polar surface area (TPSA) is 152 Å². The third-order valence-corrected chi connectivity index (χ3v) is 8.38. The van der Waals surface area contributed by atoms with E-state index in [1.54, 1.807) is 13.1 Å². The van der Waals surface area contributed by atoms with Crippen LogP contribution < -0.4 is 11.1 Å². The molecule has 0 spiro atoms. The number of carboxylic acid groups (broad SMARTS) is 1. The van der Waals surface area contributed by atoms with Crippen LogP contribution >= 0.6 is 11.8 Å². The SMILES string of the molecule is C[C@H]1C(S[C@H]2C[C@@H](CN/C(N)=C/O)N(Cc3cccnc3)C2)=C(C(=O)O)N2C(=O)[C@H]([C@@H](C)O)C12. The number of fused-ring (bicyclic) bond motifs is 1. The molecule has 0 saturated carbocycles. The number of amides is 1. The first-order chi connectivity index (χ1) is 16.2. The van der Waals surface area contributed by atoms with Crippen LogP contribution in [-0.2, 0) is 16.1 Å². The predicted octanol–water partition coefficient (Wildman–Crippen LogP) is 0.817. The molecule has 4 rings (SSSR count). The smallest absolute Gasteiger partial charge is 0.353 e. The molecule has 6 atom stereocenters. The monoisotopic (exact) mass is 489 g/mol. The molecule has 6 N–H and O–H groups in total. The van der Waals surface area contributed by atoms with Gasteiger partial charge in [-0.25, -0.2) is 4.79 Å². The number of nitrogens with two attached hydrogens (primary N) is 1. The fourth-order valence-electron chi connectivity index (χ4n) is 5.29. The van der Waals surface area contributed by atoms with Gasteiger partial charge in [0.2, 0.25) is 5.91 Å². The summed E-state index contributed by atoms with van der Waals surface area (Å²) in [5.74, 6) is -1.98. The second kappa shape index (κ2) is 9.85. The maximum Gasteiger partial charge on any atom is 0.353 e. The second-order valence-electron chi connectivity index (χ2n) is 9.16. The van der Waals surface area contributed by atoms with Gasteiger partial charge in [-0.1, -0.05) is 13.0 Å². The van der Waals surface area contributed by atoms with Gasteiger partial charge in [-0.15, -0.1) is 11.8 Å². The number of nitrogens with one attached hydrogen (secondary N) is 1. The molecule has 10 nitrogen and oxygen atoms in total. The molecule has 1 aromatic heterocycles. The van der Waals surface area contributed by atoms with Crippen molar-refractivity contribution in [2.45, 2.75) is 50.3 Å². The fourth-order valence-corrected chi connectivity index (χ4v) is 6.89. The second-order valence-corrected chi connectivity index (χ2v) is 10.5. The number of aromatic nitrogens is 1. The van der Waals surface area contributed by atoms with Crippen molar-refractivity contribution in [1.29, 1.82) is 0 Å². The molecule has 184 valence electrons. The van der Waals surface area contributed by atoms with Crippen LogP contribution in [0.5, 0.6) is 0 Å². The predicted molar refractivity (Wildman–Crippen MR) is 127 cm³/mol. The molecule has 11 heteroatoms. The summed E-state index contributed by atoms with van der Waals surface area (Å²) in [4.78, 5) is 33.3. The number of aliphatic hydroxyl groups excluding tert-OH is 2. The molecule has 0 aromatic carbocycles. The summed E-state index contributed by atoms with van der Waals surface area (Å²) in [6.45, 7) is 5.44. The van der Waals surface area contributed by atoms with Crippen molar-refractivity contribution in [3.05, 3.63) is 52.8 Å². The first-order valence-corrected chi connectivity index (χ1v) is 12.2. The summed E-state index contributed by atoms with van der Waals surface area (Å²) in [6, 6.07) is 3.68. The number of aliphatic hydroxyl groups is 2. The van der Waals surface area contributed by atoms with Crippen molar-refractivity contribution < 1.29 is 24.9 Å². The summed E-state index contributed by atoms with van der Waals surface area (Å²) < 4.78 is 0. The molecule has 1 unspecified atom stereocenters. The quantitative estimate of drug-likeness (QED) is 0.249. The third kappa shape index (κ3) is 4.47. The lowest BCUT2D eigenvalue weighted by atomic mass is 9.79. The molecule has 0 bridgehead atoms. The zero-order valence-electron chi connectivity index (χ0n) is 19.2. The maximum atomic E-state index is 12.6. The molecule has 2 saturated heterocycles. The van der Waals surface area contributed by atoms with Crippen LogP contribution in [0.15, 0.2) is 47.2 Å². The van der Waals surface area contributed by atoms with E-state index in [4.69, 9.17) is 10.8 Å². The van der Waals surface area contributed by atoms with E-state index in [9.17, 15) is 19.8 Å². The number of aliphatic carboxylic acids is 1. The highest BCUT2D eigenvalue weighted by Gasteiger charge is 2.60. The molecule has 1 aromatic rings. The van der Waals surface area contributed by atoms with Gasteiger partial charge in [-0.3, -0.25) is 14.7 Å². The molecule has 0 aliphatic carbocycles. The molecule has 4 heterocycles. The fraction of sp³-hybridized carbons (Fsp3) is 0.522. The van der Waals surface area contributed by atoms with Gasteiger partial charge in [0.05, 0.1) is 18.1 Å². The number of carboxylic acids is 1. The van der Waals surface area contributed by atoms with E-state index in [2.05, 4.69) is 15.2 Å². The van der Waals surface area contributed by atoms with Gasteiger partial charge in [-0.2, -0.15) is 0 Å². The first kappa shape index (κ1) is 24.4. The van der Waals surface area contributed by atoms with Crippen LogP contribution in [-0.4, -0.2) is 78.5 Å². The standard InChI is InChI=1S/C23H31N5O5S/c1-12-19-18(13(2)30)22(31)28(19)20(23(32)33)21(12)34-16-6-15(8-26-17(24)11-29)27(10-16)9-14-4-3-5-25-7-14/h3-5,7,11-13,15-16,18-19,26,29-30H,6,8-10,24H2,1-2H3,(H,32,33)/b17-11+/t12-,13-,15+,16+,18-,19?/m1/s1. The van der Waals surface area contributed by atoms with E-state index in [1.807, 2.05) is 25.3 Å². The Morgan fingerprint density at radius 2 is 2.24 bits per heavy atom. The van der Waals surface area contributed by atoms with Crippen LogP contribution in [0.1, 0.15) is 25.8 Å². The zero-order chi connectivity index (χ0) is 24.6. The summed E-state index contributed by atoms with van der Waals surface area (Å²) in [7, 11) is 0. The lowest BCUT2D eigenvalue weighted by Crippen LogP contribution is -2.63. The van der Waals surface area contributed by atoms with E-state index < -0.39 is 18.0 Å². The van der Waals surface area contributed by atoms with Crippen molar-refractivity contribution in [3.63, 3.8) is 0 Å². The number of likely N-dealkylation sites (tertiary alicyclic amines) is 1. The number of rotatable bonds is 9. The largest absolute Gasteiger partial charge is 0.512 e. The lowest BCUT2D eigenvalue weighted by molar-refractivity contribution is -0.163. The van der Waals surface area contributed by atoms with Crippen LogP contribution in [0.25, 0.3) is 0 Å². The summed E-state index contributed by atoms with van der Waals surface area (Å²) in [5.41, 5.74) is 6.83. The Morgan fingerprint density at radius 1 is 1.47 bits per heavy atom. The highest BCUT2D eigenvalue weighted by molar-refractivity contribution is 8.03. The van der Waals surface area contributed by atoms with Gasteiger partial charge in [-0.05, 0) is 25.0 Å². The van der Waals surface area contributed by atoms with E-state index >= 15 is 0 Å². The minimum Gasteiger partial charge on any atom is -0.512 e. The van der Waals surface area contributed by atoms with Crippen molar-refractivity contribution >= 4 is 23.6 Å². The number of thioether (sulfide) groups is 1. The van der Waals surface area contributed by atoms with Gasteiger partial charge in [0, 0.05) is 54.1 Å². The summed E-state index contributed by atoms with van der Waals surface area (Å²) >= 11 is 1.52. The number of β-lactam (4-membered cyclic amide) rings is 1. The van der Waals surface area contributed by atoms with Crippen molar-refractivity contribution in [1.82, 2.24) is 20.1 Å².